The molecule has 0 bridgehead atoms. The van der Waals surface area contributed by atoms with Crippen molar-refractivity contribution in [3.8, 4) is 0 Å². The summed E-state index contributed by atoms with van der Waals surface area (Å²) in [4.78, 5) is 14.1. The third-order valence-electron chi connectivity index (χ3n) is 4.33. The highest BCUT2D eigenvalue weighted by Gasteiger charge is 2.33. The summed E-state index contributed by atoms with van der Waals surface area (Å²) in [6.07, 6.45) is 9.15. The lowest BCUT2D eigenvalue weighted by atomic mass is 9.75. The van der Waals surface area contributed by atoms with Crippen molar-refractivity contribution in [1.29, 1.82) is 0 Å². The molecule has 0 saturated heterocycles. The van der Waals surface area contributed by atoms with Crippen molar-refractivity contribution in [2.45, 2.75) is 46.1 Å². The van der Waals surface area contributed by atoms with Crippen LogP contribution in [0.15, 0.2) is 24.8 Å². The van der Waals surface area contributed by atoms with Crippen LogP contribution < -0.4 is 0 Å². The monoisotopic (exact) mass is 293 g/mol. The Balaban J connectivity index is 2.47. The van der Waals surface area contributed by atoms with Crippen molar-refractivity contribution in [3.05, 3.63) is 24.8 Å². The standard InChI is InChI=1S/C18H31NO2/c1-6-7-8-11-19(5)13-18(20)21-17-12-15(4)9-10-16(17)14(2)3/h6-8,14-17H,1,9-13H2,2-5H3/b8-7-/t15-,16+,17-/m0/s1. The first-order valence-electron chi connectivity index (χ1n) is 8.09. The number of carbonyl (C=O) groups is 1. The van der Waals surface area contributed by atoms with Crippen LogP contribution in [-0.4, -0.2) is 37.1 Å². The summed E-state index contributed by atoms with van der Waals surface area (Å²) in [5.41, 5.74) is 0. The Morgan fingerprint density at radius 2 is 2.14 bits per heavy atom. The van der Waals surface area contributed by atoms with Crippen molar-refractivity contribution in [3.63, 3.8) is 0 Å². The van der Waals surface area contributed by atoms with E-state index in [2.05, 4.69) is 27.4 Å². The number of rotatable bonds is 7. The van der Waals surface area contributed by atoms with Crippen molar-refractivity contribution >= 4 is 5.97 Å². The molecule has 0 spiro atoms. The number of allylic oxidation sites excluding steroid dienone is 2. The van der Waals surface area contributed by atoms with E-state index in [0.29, 0.717) is 24.3 Å². The van der Waals surface area contributed by atoms with Crippen molar-refractivity contribution < 1.29 is 9.53 Å². The first-order valence-corrected chi connectivity index (χ1v) is 8.09. The Hall–Kier alpha value is -1.09. The van der Waals surface area contributed by atoms with Crippen molar-refractivity contribution in [1.82, 2.24) is 4.90 Å². The van der Waals surface area contributed by atoms with Gasteiger partial charge in [0.2, 0.25) is 0 Å². The number of carbonyl (C=O) groups excluding carboxylic acids is 1. The van der Waals surface area contributed by atoms with Gasteiger partial charge in [0.05, 0.1) is 6.54 Å². The van der Waals surface area contributed by atoms with E-state index in [0.717, 1.165) is 13.0 Å². The fourth-order valence-electron chi connectivity index (χ4n) is 3.08. The minimum atomic E-state index is -0.103. The molecule has 3 atom stereocenters. The van der Waals surface area contributed by atoms with Gasteiger partial charge in [-0.25, -0.2) is 0 Å². The summed E-state index contributed by atoms with van der Waals surface area (Å²) in [5, 5.41) is 0. The van der Waals surface area contributed by atoms with Crippen LogP contribution in [0.4, 0.5) is 0 Å². The molecule has 0 unspecified atom stereocenters. The second-order valence-corrected chi connectivity index (χ2v) is 6.72. The van der Waals surface area contributed by atoms with E-state index in [-0.39, 0.29) is 12.1 Å². The number of hydrogen-bond donors (Lipinski definition) is 0. The number of ether oxygens (including phenoxy) is 1. The molecule has 0 aliphatic heterocycles. The summed E-state index contributed by atoms with van der Waals surface area (Å²) < 4.78 is 5.79. The van der Waals surface area contributed by atoms with Gasteiger partial charge in [-0.05, 0) is 37.6 Å². The number of nitrogens with zero attached hydrogens (tertiary/aromatic N) is 1. The van der Waals surface area contributed by atoms with Crippen LogP contribution >= 0.6 is 0 Å². The quantitative estimate of drug-likeness (QED) is 0.530. The molecule has 1 aliphatic rings. The molecule has 0 aromatic rings. The van der Waals surface area contributed by atoms with E-state index in [9.17, 15) is 4.79 Å². The predicted octanol–water partition coefficient (Wildman–Crippen LogP) is 3.66. The van der Waals surface area contributed by atoms with Crippen LogP contribution in [0.3, 0.4) is 0 Å². The molecule has 0 aromatic carbocycles. The Labute approximate surface area is 130 Å². The summed E-state index contributed by atoms with van der Waals surface area (Å²) in [6, 6.07) is 0. The van der Waals surface area contributed by atoms with Gasteiger partial charge in [-0.2, -0.15) is 0 Å². The average Bonchev–Trinajstić information content (AvgIpc) is 2.38. The Morgan fingerprint density at radius 1 is 1.43 bits per heavy atom. The Bertz CT molecular complexity index is 362. The summed E-state index contributed by atoms with van der Waals surface area (Å²) in [6.45, 7) is 11.4. The fraction of sp³-hybridized carbons (Fsp3) is 0.722. The molecule has 1 rings (SSSR count). The van der Waals surface area contributed by atoms with Gasteiger partial charge in [-0.15, -0.1) is 0 Å². The van der Waals surface area contributed by atoms with Gasteiger partial charge in [-0.3, -0.25) is 9.69 Å². The maximum absolute atomic E-state index is 12.1. The summed E-state index contributed by atoms with van der Waals surface area (Å²) in [5.74, 6) is 1.64. The average molecular weight is 293 g/mol. The predicted molar refractivity (Wildman–Crippen MR) is 88.1 cm³/mol. The van der Waals surface area contributed by atoms with E-state index >= 15 is 0 Å². The highest BCUT2D eigenvalue weighted by Crippen LogP contribution is 2.35. The molecular formula is C18H31NO2. The Kier molecular flexibility index (Phi) is 7.73. The van der Waals surface area contributed by atoms with Crippen LogP contribution in [0.5, 0.6) is 0 Å². The molecule has 0 radical (unpaired) electrons. The zero-order valence-electron chi connectivity index (χ0n) is 14.0. The highest BCUT2D eigenvalue weighted by molar-refractivity contribution is 5.71. The number of hydrogen-bond acceptors (Lipinski definition) is 3. The molecule has 1 aliphatic carbocycles. The minimum absolute atomic E-state index is 0.0957. The van der Waals surface area contributed by atoms with Crippen molar-refractivity contribution in [2.75, 3.05) is 20.1 Å². The van der Waals surface area contributed by atoms with Gasteiger partial charge in [0, 0.05) is 6.54 Å². The molecule has 0 heterocycles. The molecule has 0 amide bonds. The van der Waals surface area contributed by atoms with E-state index in [4.69, 9.17) is 4.74 Å². The first-order chi connectivity index (χ1) is 9.93. The summed E-state index contributed by atoms with van der Waals surface area (Å²) in [7, 11) is 1.93. The van der Waals surface area contributed by atoms with E-state index in [1.807, 2.05) is 24.1 Å². The molecule has 3 heteroatoms. The van der Waals surface area contributed by atoms with Gasteiger partial charge >= 0.3 is 5.97 Å². The van der Waals surface area contributed by atoms with Crippen molar-refractivity contribution in [2.24, 2.45) is 17.8 Å². The van der Waals surface area contributed by atoms with E-state index < -0.39 is 0 Å². The maximum Gasteiger partial charge on any atom is 0.320 e. The fourth-order valence-corrected chi connectivity index (χ4v) is 3.08. The zero-order chi connectivity index (χ0) is 15.8. The topological polar surface area (TPSA) is 29.5 Å². The molecule has 3 nitrogen and oxygen atoms in total. The second-order valence-electron chi connectivity index (χ2n) is 6.72. The van der Waals surface area contributed by atoms with Crippen LogP contribution in [0, 0.1) is 17.8 Å². The molecule has 1 fully saturated rings. The second kappa shape index (κ2) is 9.04. The molecule has 1 saturated carbocycles. The van der Waals surface area contributed by atoms with Crippen LogP contribution in [0.1, 0.15) is 40.0 Å². The first kappa shape index (κ1) is 18.0. The highest BCUT2D eigenvalue weighted by atomic mass is 16.5. The van der Waals surface area contributed by atoms with Gasteiger partial charge in [0.1, 0.15) is 6.10 Å². The molecule has 120 valence electrons. The molecule has 21 heavy (non-hydrogen) atoms. The molecule has 0 N–H and O–H groups in total. The lowest BCUT2D eigenvalue weighted by Gasteiger charge is -2.36. The van der Waals surface area contributed by atoms with Gasteiger partial charge in [0.25, 0.3) is 0 Å². The van der Waals surface area contributed by atoms with Crippen LogP contribution in [-0.2, 0) is 9.53 Å². The SMILES string of the molecule is C=C/C=C\CN(C)CC(=O)O[C@H]1C[C@@H](C)CC[C@@H]1C(C)C. The van der Waals surface area contributed by atoms with Crippen LogP contribution in [0.2, 0.25) is 0 Å². The third-order valence-corrected chi connectivity index (χ3v) is 4.33. The van der Waals surface area contributed by atoms with E-state index in [1.54, 1.807) is 6.08 Å². The van der Waals surface area contributed by atoms with Crippen LogP contribution in [0.25, 0.3) is 0 Å². The Morgan fingerprint density at radius 3 is 2.76 bits per heavy atom. The number of esters is 1. The third kappa shape index (κ3) is 6.47. The zero-order valence-corrected chi connectivity index (χ0v) is 14.0. The molecule has 0 aromatic heterocycles. The lowest BCUT2D eigenvalue weighted by molar-refractivity contribution is -0.156. The summed E-state index contributed by atoms with van der Waals surface area (Å²) >= 11 is 0. The van der Waals surface area contributed by atoms with Gasteiger partial charge in [0.15, 0.2) is 0 Å². The molecular weight excluding hydrogens is 262 g/mol. The normalized spacial score (nSPS) is 26.5. The smallest absolute Gasteiger partial charge is 0.320 e. The largest absolute Gasteiger partial charge is 0.461 e. The van der Waals surface area contributed by atoms with Gasteiger partial charge in [-0.1, -0.05) is 52.0 Å². The van der Waals surface area contributed by atoms with E-state index in [1.165, 1.54) is 12.8 Å². The lowest BCUT2D eigenvalue weighted by Crippen LogP contribution is -2.38. The van der Waals surface area contributed by atoms with Gasteiger partial charge < -0.3 is 4.74 Å². The number of likely N-dealkylation sites (N-methyl/N-ethyl adjacent to an activating group) is 1. The maximum atomic E-state index is 12.1. The minimum Gasteiger partial charge on any atom is -0.461 e.